The smallest absolute Gasteiger partial charge is 0.272 e. The van der Waals surface area contributed by atoms with Crippen LogP contribution in [0.4, 0.5) is 5.69 Å². The van der Waals surface area contributed by atoms with E-state index < -0.39 is 11.0 Å². The lowest BCUT2D eigenvalue weighted by atomic mass is 10.1. The summed E-state index contributed by atoms with van der Waals surface area (Å²) in [4.78, 5) is 51.3. The van der Waals surface area contributed by atoms with E-state index in [-0.39, 0.29) is 30.0 Å². The number of nitrogens with zero attached hydrogens (tertiary/aromatic N) is 3. The van der Waals surface area contributed by atoms with Crippen LogP contribution in [0, 0.1) is 17.0 Å². The molecule has 1 aliphatic rings. The maximum atomic E-state index is 13.0. The molecule has 32 heavy (non-hydrogen) atoms. The molecule has 0 bridgehead atoms. The van der Waals surface area contributed by atoms with Crippen molar-refractivity contribution in [3.05, 3.63) is 74.8 Å². The van der Waals surface area contributed by atoms with Crippen molar-refractivity contribution < 1.29 is 19.3 Å². The highest BCUT2D eigenvalue weighted by atomic mass is 16.6. The Labute approximate surface area is 186 Å². The molecule has 9 nitrogen and oxygen atoms in total. The zero-order valence-electron chi connectivity index (χ0n) is 18.3. The van der Waals surface area contributed by atoms with Gasteiger partial charge in [-0.2, -0.15) is 0 Å². The Morgan fingerprint density at radius 1 is 1.12 bits per heavy atom. The summed E-state index contributed by atoms with van der Waals surface area (Å²) in [5, 5.41) is 13.9. The Balaban J connectivity index is 1.64. The molecule has 1 saturated heterocycles. The lowest BCUT2D eigenvalue weighted by molar-refractivity contribution is -0.385. The van der Waals surface area contributed by atoms with Crippen LogP contribution in [-0.2, 0) is 11.3 Å². The quantitative estimate of drug-likeness (QED) is 0.550. The number of hydrogen-bond acceptors (Lipinski definition) is 5. The number of likely N-dealkylation sites (tertiary alicyclic amines) is 1. The van der Waals surface area contributed by atoms with Crippen LogP contribution in [0.3, 0.4) is 0 Å². The van der Waals surface area contributed by atoms with Crippen molar-refractivity contribution in [2.45, 2.75) is 32.4 Å². The Hall–Kier alpha value is -3.75. The molecule has 168 valence electrons. The van der Waals surface area contributed by atoms with Crippen molar-refractivity contribution in [3.63, 3.8) is 0 Å². The van der Waals surface area contributed by atoms with Crippen molar-refractivity contribution in [2.75, 3.05) is 20.6 Å². The fourth-order valence-corrected chi connectivity index (χ4v) is 3.77. The lowest BCUT2D eigenvalue weighted by Gasteiger charge is -2.24. The average Bonchev–Trinajstić information content (AvgIpc) is 3.26. The number of nitrogens with one attached hydrogen (secondary N) is 1. The third kappa shape index (κ3) is 4.93. The first kappa shape index (κ1) is 22.9. The Morgan fingerprint density at radius 2 is 1.78 bits per heavy atom. The summed E-state index contributed by atoms with van der Waals surface area (Å²) >= 11 is 0. The lowest BCUT2D eigenvalue weighted by Crippen LogP contribution is -2.45. The second kappa shape index (κ2) is 9.59. The Morgan fingerprint density at radius 3 is 2.38 bits per heavy atom. The van der Waals surface area contributed by atoms with Gasteiger partial charge in [0.2, 0.25) is 5.91 Å². The molecule has 1 heterocycles. The van der Waals surface area contributed by atoms with Gasteiger partial charge in [-0.25, -0.2) is 0 Å². The summed E-state index contributed by atoms with van der Waals surface area (Å²) in [6.07, 6.45) is 1.26. The molecule has 2 aromatic rings. The number of nitro benzene ring substituents is 1. The number of carbonyl (C=O) groups excluding carboxylic acids is 3. The Kier molecular flexibility index (Phi) is 6.87. The van der Waals surface area contributed by atoms with Gasteiger partial charge in [0.05, 0.1) is 4.92 Å². The number of benzene rings is 2. The van der Waals surface area contributed by atoms with Gasteiger partial charge in [0.1, 0.15) is 6.04 Å². The molecule has 3 rings (SSSR count). The molecule has 0 spiro atoms. The third-order valence-corrected chi connectivity index (χ3v) is 5.53. The zero-order valence-corrected chi connectivity index (χ0v) is 18.3. The average molecular weight is 438 g/mol. The number of hydrogen-bond donors (Lipinski definition) is 1. The van der Waals surface area contributed by atoms with Gasteiger partial charge in [0.15, 0.2) is 0 Å². The molecule has 0 saturated carbocycles. The highest BCUT2D eigenvalue weighted by Crippen LogP contribution is 2.24. The maximum absolute atomic E-state index is 13.0. The minimum atomic E-state index is -0.590. The topological polar surface area (TPSA) is 113 Å². The summed E-state index contributed by atoms with van der Waals surface area (Å²) in [6, 6.07) is 10.6. The van der Waals surface area contributed by atoms with Crippen LogP contribution in [0.2, 0.25) is 0 Å². The second-order valence-electron chi connectivity index (χ2n) is 8.03. The van der Waals surface area contributed by atoms with Crippen LogP contribution < -0.4 is 5.32 Å². The number of amides is 3. The van der Waals surface area contributed by atoms with Gasteiger partial charge in [-0.05, 0) is 49.6 Å². The molecule has 1 aliphatic heterocycles. The standard InChI is InChI=1S/C23H26N4O5/c1-15-13-18(10-11-19(15)27(31)32)23(30)26-12-4-5-20(26)21(28)24-14-16-6-8-17(9-7-16)22(29)25(2)3/h6-11,13,20H,4-5,12,14H2,1-3H3,(H,24,28). The SMILES string of the molecule is Cc1cc(C(=O)N2CCCC2C(=O)NCc2ccc(C(=O)N(C)C)cc2)ccc1[N+](=O)[O-]. The van der Waals surface area contributed by atoms with Crippen LogP contribution >= 0.6 is 0 Å². The van der Waals surface area contributed by atoms with Crippen molar-refractivity contribution in [1.82, 2.24) is 15.1 Å². The zero-order chi connectivity index (χ0) is 23.4. The number of nitro groups is 1. The van der Waals surface area contributed by atoms with Crippen LogP contribution in [0.5, 0.6) is 0 Å². The molecule has 0 aromatic heterocycles. The van der Waals surface area contributed by atoms with Crippen LogP contribution in [-0.4, -0.2) is 59.1 Å². The molecular weight excluding hydrogens is 412 g/mol. The second-order valence-corrected chi connectivity index (χ2v) is 8.03. The van der Waals surface area contributed by atoms with Crippen LogP contribution in [0.25, 0.3) is 0 Å². The van der Waals surface area contributed by atoms with E-state index in [2.05, 4.69) is 5.32 Å². The van der Waals surface area contributed by atoms with E-state index in [9.17, 15) is 24.5 Å². The molecule has 1 atom stereocenters. The third-order valence-electron chi connectivity index (χ3n) is 5.53. The summed E-state index contributed by atoms with van der Waals surface area (Å²) in [6.45, 7) is 2.32. The first-order chi connectivity index (χ1) is 15.2. The number of rotatable bonds is 6. The van der Waals surface area contributed by atoms with Gasteiger partial charge < -0.3 is 15.1 Å². The first-order valence-corrected chi connectivity index (χ1v) is 10.3. The number of carbonyl (C=O) groups is 3. The fourth-order valence-electron chi connectivity index (χ4n) is 3.77. The fraction of sp³-hybridized carbons (Fsp3) is 0.348. The van der Waals surface area contributed by atoms with Crippen molar-refractivity contribution in [1.29, 1.82) is 0 Å². The van der Waals surface area contributed by atoms with E-state index in [0.717, 1.165) is 5.56 Å². The van der Waals surface area contributed by atoms with E-state index in [1.165, 1.54) is 28.0 Å². The minimum absolute atomic E-state index is 0.0458. The van der Waals surface area contributed by atoms with E-state index in [4.69, 9.17) is 0 Å². The summed E-state index contributed by atoms with van der Waals surface area (Å²) < 4.78 is 0. The van der Waals surface area contributed by atoms with E-state index >= 15 is 0 Å². The molecular formula is C23H26N4O5. The van der Waals surface area contributed by atoms with Crippen molar-refractivity contribution in [3.8, 4) is 0 Å². The predicted octanol–water partition coefficient (Wildman–Crippen LogP) is 2.53. The minimum Gasteiger partial charge on any atom is -0.350 e. The van der Waals surface area contributed by atoms with Gasteiger partial charge >= 0.3 is 0 Å². The van der Waals surface area contributed by atoms with Gasteiger partial charge in [0, 0.05) is 49.9 Å². The summed E-state index contributed by atoms with van der Waals surface area (Å²) in [5.74, 6) is -0.655. The van der Waals surface area contributed by atoms with Gasteiger partial charge in [-0.15, -0.1) is 0 Å². The molecule has 1 unspecified atom stereocenters. The largest absolute Gasteiger partial charge is 0.350 e. The first-order valence-electron chi connectivity index (χ1n) is 10.3. The molecule has 9 heteroatoms. The highest BCUT2D eigenvalue weighted by molar-refractivity contribution is 5.98. The molecule has 1 fully saturated rings. The number of aryl methyl sites for hydroxylation is 1. The molecule has 0 aliphatic carbocycles. The Bertz CT molecular complexity index is 1050. The summed E-state index contributed by atoms with van der Waals surface area (Å²) in [7, 11) is 3.37. The monoisotopic (exact) mass is 438 g/mol. The van der Waals surface area contributed by atoms with Crippen LogP contribution in [0.15, 0.2) is 42.5 Å². The van der Waals surface area contributed by atoms with E-state index in [0.29, 0.717) is 36.1 Å². The van der Waals surface area contributed by atoms with Gasteiger partial charge in [-0.3, -0.25) is 24.5 Å². The molecule has 0 radical (unpaired) electrons. The van der Waals surface area contributed by atoms with Gasteiger partial charge in [0.25, 0.3) is 17.5 Å². The maximum Gasteiger partial charge on any atom is 0.272 e. The molecule has 2 aromatic carbocycles. The normalized spacial score (nSPS) is 15.3. The van der Waals surface area contributed by atoms with Gasteiger partial charge in [-0.1, -0.05) is 12.1 Å². The van der Waals surface area contributed by atoms with E-state index in [1.807, 2.05) is 0 Å². The van der Waals surface area contributed by atoms with Crippen molar-refractivity contribution in [2.24, 2.45) is 0 Å². The highest BCUT2D eigenvalue weighted by Gasteiger charge is 2.34. The molecule has 1 N–H and O–H groups in total. The predicted molar refractivity (Wildman–Crippen MR) is 118 cm³/mol. The summed E-state index contributed by atoms with van der Waals surface area (Å²) in [5.41, 5.74) is 2.09. The van der Waals surface area contributed by atoms with Crippen molar-refractivity contribution >= 4 is 23.4 Å². The van der Waals surface area contributed by atoms with Crippen LogP contribution in [0.1, 0.15) is 44.7 Å². The molecule has 3 amide bonds. The van der Waals surface area contributed by atoms with E-state index in [1.54, 1.807) is 45.3 Å².